The van der Waals surface area contributed by atoms with Crippen LogP contribution in [-0.2, 0) is 4.79 Å². The van der Waals surface area contributed by atoms with Crippen LogP contribution in [0, 0.1) is 6.92 Å². The van der Waals surface area contributed by atoms with E-state index in [1.54, 1.807) is 0 Å². The van der Waals surface area contributed by atoms with Gasteiger partial charge in [-0.25, -0.2) is 0 Å². The number of rotatable bonds is 7. The molecule has 1 aliphatic rings. The molecule has 1 unspecified atom stereocenters. The molecule has 3 rings (SSSR count). The molecular weight excluding hydrogens is 348 g/mol. The van der Waals surface area contributed by atoms with Gasteiger partial charge in [0, 0.05) is 36.3 Å². The Labute approximate surface area is 160 Å². The highest BCUT2D eigenvalue weighted by Gasteiger charge is 2.25. The van der Waals surface area contributed by atoms with Crippen molar-refractivity contribution in [3.05, 3.63) is 59.1 Å². The molecule has 26 heavy (non-hydrogen) atoms. The fraction of sp³-hybridized carbons (Fsp3) is 0.381. The zero-order valence-electron chi connectivity index (χ0n) is 15.1. The van der Waals surface area contributed by atoms with Crippen molar-refractivity contribution in [2.75, 3.05) is 25.0 Å². The summed E-state index contributed by atoms with van der Waals surface area (Å²) in [5, 5.41) is 4.20. The number of benzene rings is 2. The number of carbonyl (C=O) groups is 1. The van der Waals surface area contributed by atoms with Crippen LogP contribution in [0.25, 0.3) is 0 Å². The maximum atomic E-state index is 12.4. The first kappa shape index (κ1) is 18.6. The lowest BCUT2D eigenvalue weighted by Crippen LogP contribution is -2.31. The first-order valence-electron chi connectivity index (χ1n) is 9.10. The molecule has 1 N–H and O–H groups in total. The molecule has 0 spiro atoms. The van der Waals surface area contributed by atoms with Crippen LogP contribution in [0.1, 0.15) is 24.8 Å². The van der Waals surface area contributed by atoms with E-state index in [9.17, 15) is 4.79 Å². The van der Waals surface area contributed by atoms with Crippen molar-refractivity contribution >= 4 is 23.2 Å². The molecule has 1 heterocycles. The number of nitrogens with zero attached hydrogens (tertiary/aromatic N) is 1. The molecule has 1 saturated heterocycles. The SMILES string of the molecule is Cc1cc(Cl)ccc1OCCCC(=O)N1CCC(Nc2ccccc2)C1. The largest absolute Gasteiger partial charge is 0.493 e. The van der Waals surface area contributed by atoms with Gasteiger partial charge in [-0.05, 0) is 55.7 Å². The van der Waals surface area contributed by atoms with E-state index in [1.807, 2.05) is 48.2 Å². The Morgan fingerprint density at radius 1 is 1.27 bits per heavy atom. The van der Waals surface area contributed by atoms with Crippen molar-refractivity contribution in [2.24, 2.45) is 0 Å². The molecule has 2 aromatic rings. The van der Waals surface area contributed by atoms with E-state index in [-0.39, 0.29) is 5.91 Å². The number of halogens is 1. The number of anilines is 1. The van der Waals surface area contributed by atoms with Gasteiger partial charge in [0.05, 0.1) is 6.61 Å². The summed E-state index contributed by atoms with van der Waals surface area (Å²) in [5.41, 5.74) is 2.12. The number of carbonyl (C=O) groups excluding carboxylic acids is 1. The van der Waals surface area contributed by atoms with Gasteiger partial charge < -0.3 is 15.0 Å². The van der Waals surface area contributed by atoms with Gasteiger partial charge >= 0.3 is 0 Å². The van der Waals surface area contributed by atoms with Crippen LogP contribution in [-0.4, -0.2) is 36.5 Å². The highest BCUT2D eigenvalue weighted by Crippen LogP contribution is 2.22. The Balaban J connectivity index is 1.37. The highest BCUT2D eigenvalue weighted by atomic mass is 35.5. The smallest absolute Gasteiger partial charge is 0.222 e. The van der Waals surface area contributed by atoms with E-state index in [0.717, 1.165) is 36.5 Å². The van der Waals surface area contributed by atoms with E-state index in [2.05, 4.69) is 17.4 Å². The van der Waals surface area contributed by atoms with Gasteiger partial charge in [0.25, 0.3) is 0 Å². The number of nitrogens with one attached hydrogen (secondary N) is 1. The fourth-order valence-corrected chi connectivity index (χ4v) is 3.44. The average Bonchev–Trinajstić information content (AvgIpc) is 3.09. The predicted octanol–water partition coefficient (Wildman–Crippen LogP) is 4.52. The number of para-hydroxylation sites is 1. The topological polar surface area (TPSA) is 41.6 Å². The van der Waals surface area contributed by atoms with Gasteiger partial charge in [0.2, 0.25) is 5.91 Å². The van der Waals surface area contributed by atoms with Crippen molar-refractivity contribution in [3.8, 4) is 5.75 Å². The van der Waals surface area contributed by atoms with E-state index < -0.39 is 0 Å². The predicted molar refractivity (Wildman–Crippen MR) is 106 cm³/mol. The summed E-state index contributed by atoms with van der Waals surface area (Å²) in [6.45, 7) is 4.09. The van der Waals surface area contributed by atoms with Crippen LogP contribution in [0.2, 0.25) is 5.02 Å². The molecule has 4 nitrogen and oxygen atoms in total. The minimum absolute atomic E-state index is 0.207. The zero-order chi connectivity index (χ0) is 18.4. The summed E-state index contributed by atoms with van der Waals surface area (Å²) in [6.07, 6.45) is 2.22. The van der Waals surface area contributed by atoms with Crippen molar-refractivity contribution in [2.45, 2.75) is 32.2 Å². The van der Waals surface area contributed by atoms with E-state index in [0.29, 0.717) is 30.5 Å². The number of amides is 1. The van der Waals surface area contributed by atoms with E-state index >= 15 is 0 Å². The molecule has 1 amide bonds. The van der Waals surface area contributed by atoms with Gasteiger partial charge in [-0.3, -0.25) is 4.79 Å². The second-order valence-electron chi connectivity index (χ2n) is 6.70. The Morgan fingerprint density at radius 2 is 2.08 bits per heavy atom. The molecular formula is C21H25ClN2O2. The monoisotopic (exact) mass is 372 g/mol. The lowest BCUT2D eigenvalue weighted by Gasteiger charge is -2.18. The summed E-state index contributed by atoms with van der Waals surface area (Å²) in [7, 11) is 0. The van der Waals surface area contributed by atoms with E-state index in [1.165, 1.54) is 0 Å². The maximum absolute atomic E-state index is 12.4. The van der Waals surface area contributed by atoms with Crippen molar-refractivity contribution in [3.63, 3.8) is 0 Å². The van der Waals surface area contributed by atoms with Gasteiger partial charge in [-0.1, -0.05) is 29.8 Å². The Kier molecular flexibility index (Phi) is 6.40. The lowest BCUT2D eigenvalue weighted by molar-refractivity contribution is -0.130. The standard InChI is InChI=1S/C21H25ClN2O2/c1-16-14-17(22)9-10-20(16)26-13-5-8-21(25)24-12-11-19(15-24)23-18-6-3-2-4-7-18/h2-4,6-7,9-10,14,19,23H,5,8,11-13,15H2,1H3. The Hall–Kier alpha value is -2.20. The highest BCUT2D eigenvalue weighted by molar-refractivity contribution is 6.30. The summed E-state index contributed by atoms with van der Waals surface area (Å²) in [5.74, 6) is 1.04. The van der Waals surface area contributed by atoms with Crippen LogP contribution < -0.4 is 10.1 Å². The third-order valence-electron chi connectivity index (χ3n) is 4.62. The van der Waals surface area contributed by atoms with Crippen molar-refractivity contribution in [1.29, 1.82) is 0 Å². The third-order valence-corrected chi connectivity index (χ3v) is 4.85. The van der Waals surface area contributed by atoms with Gasteiger partial charge in [-0.15, -0.1) is 0 Å². The molecule has 0 aromatic heterocycles. The quantitative estimate of drug-likeness (QED) is 0.726. The molecule has 0 saturated carbocycles. The van der Waals surface area contributed by atoms with Crippen molar-refractivity contribution < 1.29 is 9.53 Å². The molecule has 1 atom stereocenters. The van der Waals surface area contributed by atoms with E-state index in [4.69, 9.17) is 16.3 Å². The van der Waals surface area contributed by atoms with Gasteiger partial charge in [0.15, 0.2) is 0 Å². The molecule has 138 valence electrons. The Morgan fingerprint density at radius 3 is 2.85 bits per heavy atom. The third kappa shape index (κ3) is 5.15. The zero-order valence-corrected chi connectivity index (χ0v) is 15.8. The number of likely N-dealkylation sites (tertiary alicyclic amines) is 1. The van der Waals surface area contributed by atoms with Crippen LogP contribution in [0.4, 0.5) is 5.69 Å². The number of hydrogen-bond donors (Lipinski definition) is 1. The second-order valence-corrected chi connectivity index (χ2v) is 7.13. The second kappa shape index (κ2) is 8.95. The molecule has 2 aromatic carbocycles. The Bertz CT molecular complexity index is 736. The molecule has 1 fully saturated rings. The van der Waals surface area contributed by atoms with Crippen LogP contribution in [0.3, 0.4) is 0 Å². The molecule has 0 aliphatic carbocycles. The summed E-state index contributed by atoms with van der Waals surface area (Å²) >= 11 is 5.94. The number of hydrogen-bond acceptors (Lipinski definition) is 3. The number of ether oxygens (including phenoxy) is 1. The minimum Gasteiger partial charge on any atom is -0.493 e. The van der Waals surface area contributed by atoms with Gasteiger partial charge in [-0.2, -0.15) is 0 Å². The fourth-order valence-electron chi connectivity index (χ4n) is 3.21. The normalized spacial score (nSPS) is 16.5. The first-order valence-corrected chi connectivity index (χ1v) is 9.48. The average molecular weight is 373 g/mol. The van der Waals surface area contributed by atoms with Crippen LogP contribution in [0.5, 0.6) is 5.75 Å². The number of aryl methyl sites for hydroxylation is 1. The molecule has 1 aliphatic heterocycles. The maximum Gasteiger partial charge on any atom is 0.222 e. The van der Waals surface area contributed by atoms with Crippen molar-refractivity contribution in [1.82, 2.24) is 4.90 Å². The van der Waals surface area contributed by atoms with Gasteiger partial charge in [0.1, 0.15) is 5.75 Å². The summed E-state index contributed by atoms with van der Waals surface area (Å²) in [6, 6.07) is 16.1. The minimum atomic E-state index is 0.207. The van der Waals surface area contributed by atoms with Crippen LogP contribution in [0.15, 0.2) is 48.5 Å². The lowest BCUT2D eigenvalue weighted by atomic mass is 10.2. The van der Waals surface area contributed by atoms with Crippen LogP contribution >= 0.6 is 11.6 Å². The first-order chi connectivity index (χ1) is 12.6. The molecule has 5 heteroatoms. The molecule has 0 radical (unpaired) electrons. The summed E-state index contributed by atoms with van der Waals surface area (Å²) in [4.78, 5) is 14.3. The summed E-state index contributed by atoms with van der Waals surface area (Å²) < 4.78 is 5.76. The molecule has 0 bridgehead atoms.